The molecule has 3 heteroatoms. The third-order valence-corrected chi connectivity index (χ3v) is 2.33. The molecule has 0 fully saturated rings. The van der Waals surface area contributed by atoms with Gasteiger partial charge in [0, 0.05) is 6.21 Å². The van der Waals surface area contributed by atoms with Gasteiger partial charge in [0.15, 0.2) is 0 Å². The fraction of sp³-hybridized carbons (Fsp3) is 0.286. The van der Waals surface area contributed by atoms with E-state index in [1.165, 1.54) is 0 Å². The zero-order valence-electron chi connectivity index (χ0n) is 10.2. The molecule has 1 aromatic rings. The highest BCUT2D eigenvalue weighted by molar-refractivity contribution is 5.88. The Kier molecular flexibility index (Phi) is 5.14. The van der Waals surface area contributed by atoms with Gasteiger partial charge in [-0.05, 0) is 43.2 Å². The molecule has 3 nitrogen and oxygen atoms in total. The van der Waals surface area contributed by atoms with Gasteiger partial charge in [0.2, 0.25) is 0 Å². The number of unbranched alkanes of at least 4 members (excludes halogenated alkanes) is 1. The fourth-order valence-corrected chi connectivity index (χ4v) is 1.38. The summed E-state index contributed by atoms with van der Waals surface area (Å²) in [7, 11) is 0. The molecule has 0 saturated heterocycles. The summed E-state index contributed by atoms with van der Waals surface area (Å²) in [6.45, 7) is 3.98. The number of nitrogens with zero attached hydrogens (tertiary/aromatic N) is 1. The van der Waals surface area contributed by atoms with E-state index in [-0.39, 0.29) is 0 Å². The Hall–Kier alpha value is -1.90. The summed E-state index contributed by atoms with van der Waals surface area (Å²) in [5.74, 6) is -0.911. The second-order valence-electron chi connectivity index (χ2n) is 3.80. The van der Waals surface area contributed by atoms with Crippen LogP contribution >= 0.6 is 0 Å². The molecule has 0 radical (unpaired) electrons. The largest absolute Gasteiger partial charge is 0.478 e. The van der Waals surface area contributed by atoms with Gasteiger partial charge in [-0.1, -0.05) is 19.4 Å². The highest BCUT2D eigenvalue weighted by Crippen LogP contribution is 2.19. The van der Waals surface area contributed by atoms with Crippen molar-refractivity contribution in [1.29, 1.82) is 0 Å². The van der Waals surface area contributed by atoms with Crippen molar-refractivity contribution in [3.05, 3.63) is 41.5 Å². The third kappa shape index (κ3) is 4.23. The number of aliphatic imine (C=N–C) groups is 1. The standard InChI is InChI=1S/C14H17NO2/c1-3-4-5-6-9-15-13-8-7-12(14(16)17)10-11(13)2/h5-10H,3-4H2,1-2H3,(H,16,17)/b6-5+,15-9?. The zero-order valence-corrected chi connectivity index (χ0v) is 10.2. The molecule has 0 aromatic heterocycles. The summed E-state index contributed by atoms with van der Waals surface area (Å²) < 4.78 is 0. The lowest BCUT2D eigenvalue weighted by molar-refractivity contribution is 0.0697. The first kappa shape index (κ1) is 13.2. The van der Waals surface area contributed by atoms with Gasteiger partial charge in [-0.15, -0.1) is 0 Å². The normalized spacial score (nSPS) is 11.4. The lowest BCUT2D eigenvalue weighted by Crippen LogP contribution is -1.95. The topological polar surface area (TPSA) is 49.7 Å². The summed E-state index contributed by atoms with van der Waals surface area (Å²) in [6, 6.07) is 4.92. The number of benzene rings is 1. The molecule has 0 spiro atoms. The quantitative estimate of drug-likeness (QED) is 0.784. The molecule has 17 heavy (non-hydrogen) atoms. The number of hydrogen-bond acceptors (Lipinski definition) is 2. The maximum absolute atomic E-state index is 10.7. The summed E-state index contributed by atoms with van der Waals surface area (Å²) in [5.41, 5.74) is 1.96. The molecular weight excluding hydrogens is 214 g/mol. The molecule has 1 N–H and O–H groups in total. The molecule has 90 valence electrons. The summed E-state index contributed by atoms with van der Waals surface area (Å²) in [6.07, 6.45) is 7.87. The van der Waals surface area contributed by atoms with Gasteiger partial charge in [-0.25, -0.2) is 4.79 Å². The van der Waals surface area contributed by atoms with Crippen molar-refractivity contribution in [3.63, 3.8) is 0 Å². The molecule has 0 amide bonds. The van der Waals surface area contributed by atoms with E-state index in [4.69, 9.17) is 5.11 Å². The first-order valence-corrected chi connectivity index (χ1v) is 5.68. The zero-order chi connectivity index (χ0) is 12.7. The molecular formula is C14H17NO2. The van der Waals surface area contributed by atoms with E-state index in [1.54, 1.807) is 24.4 Å². The van der Waals surface area contributed by atoms with E-state index >= 15 is 0 Å². The molecule has 0 aliphatic carbocycles. The van der Waals surface area contributed by atoms with Gasteiger partial charge in [-0.2, -0.15) is 0 Å². The Labute approximate surface area is 102 Å². The van der Waals surface area contributed by atoms with E-state index in [0.29, 0.717) is 5.56 Å². The van der Waals surface area contributed by atoms with Crippen LogP contribution in [0.5, 0.6) is 0 Å². The van der Waals surface area contributed by atoms with Crippen molar-refractivity contribution >= 4 is 17.9 Å². The smallest absolute Gasteiger partial charge is 0.335 e. The van der Waals surface area contributed by atoms with Gasteiger partial charge in [0.25, 0.3) is 0 Å². The van der Waals surface area contributed by atoms with Gasteiger partial charge in [0.05, 0.1) is 11.3 Å². The van der Waals surface area contributed by atoms with Gasteiger partial charge >= 0.3 is 5.97 Å². The lowest BCUT2D eigenvalue weighted by atomic mass is 10.1. The molecule has 0 bridgehead atoms. The summed E-state index contributed by atoms with van der Waals surface area (Å²) >= 11 is 0. The Balaban J connectivity index is 2.76. The number of allylic oxidation sites excluding steroid dienone is 2. The molecule has 1 aromatic carbocycles. The molecule has 0 saturated carbocycles. The molecule has 1 rings (SSSR count). The average Bonchev–Trinajstić information content (AvgIpc) is 2.30. The Bertz CT molecular complexity index is 448. The third-order valence-electron chi connectivity index (χ3n) is 2.33. The molecule has 0 atom stereocenters. The minimum Gasteiger partial charge on any atom is -0.478 e. The van der Waals surface area contributed by atoms with Crippen LogP contribution in [0.4, 0.5) is 5.69 Å². The fourth-order valence-electron chi connectivity index (χ4n) is 1.38. The van der Waals surface area contributed by atoms with E-state index in [0.717, 1.165) is 24.1 Å². The maximum atomic E-state index is 10.7. The van der Waals surface area contributed by atoms with Crippen LogP contribution < -0.4 is 0 Å². The SMILES string of the molecule is CCC/C=C/C=Nc1ccc(C(=O)O)cc1C. The van der Waals surface area contributed by atoms with Crippen LogP contribution in [-0.4, -0.2) is 17.3 Å². The minimum absolute atomic E-state index is 0.294. The van der Waals surface area contributed by atoms with E-state index < -0.39 is 5.97 Å². The molecule has 0 heterocycles. The van der Waals surface area contributed by atoms with Crippen molar-refractivity contribution in [3.8, 4) is 0 Å². The lowest BCUT2D eigenvalue weighted by Gasteiger charge is -2.00. The summed E-state index contributed by atoms with van der Waals surface area (Å²) in [5, 5.41) is 8.82. The minimum atomic E-state index is -0.911. The molecule has 0 aliphatic heterocycles. The van der Waals surface area contributed by atoms with Gasteiger partial charge in [-0.3, -0.25) is 4.99 Å². The van der Waals surface area contributed by atoms with Crippen molar-refractivity contribution in [2.75, 3.05) is 0 Å². The van der Waals surface area contributed by atoms with Crippen LogP contribution in [0, 0.1) is 6.92 Å². The second-order valence-corrected chi connectivity index (χ2v) is 3.80. The number of rotatable bonds is 5. The predicted octanol–water partition coefficient (Wildman–Crippen LogP) is 3.75. The van der Waals surface area contributed by atoms with Crippen LogP contribution in [-0.2, 0) is 0 Å². The van der Waals surface area contributed by atoms with Crippen LogP contribution in [0.15, 0.2) is 35.3 Å². The van der Waals surface area contributed by atoms with Crippen LogP contribution in [0.25, 0.3) is 0 Å². The Morgan fingerprint density at radius 2 is 2.24 bits per heavy atom. The van der Waals surface area contributed by atoms with Crippen LogP contribution in [0.2, 0.25) is 0 Å². The van der Waals surface area contributed by atoms with Crippen molar-refractivity contribution < 1.29 is 9.90 Å². The van der Waals surface area contributed by atoms with Crippen LogP contribution in [0.1, 0.15) is 35.7 Å². The molecule has 0 aliphatic rings. The monoisotopic (exact) mass is 231 g/mol. The number of carboxylic acids is 1. The van der Waals surface area contributed by atoms with Crippen LogP contribution in [0.3, 0.4) is 0 Å². The predicted molar refractivity (Wildman–Crippen MR) is 70.3 cm³/mol. The van der Waals surface area contributed by atoms with Gasteiger partial charge < -0.3 is 5.11 Å². The van der Waals surface area contributed by atoms with E-state index in [1.807, 2.05) is 13.0 Å². The number of aryl methyl sites for hydroxylation is 1. The number of aromatic carboxylic acids is 1. The highest BCUT2D eigenvalue weighted by atomic mass is 16.4. The first-order chi connectivity index (χ1) is 8.15. The van der Waals surface area contributed by atoms with Crippen molar-refractivity contribution in [2.24, 2.45) is 4.99 Å². The molecule has 0 unspecified atom stereocenters. The van der Waals surface area contributed by atoms with E-state index in [2.05, 4.69) is 18.0 Å². The Morgan fingerprint density at radius 3 is 2.82 bits per heavy atom. The summed E-state index contributed by atoms with van der Waals surface area (Å²) in [4.78, 5) is 15.0. The number of carboxylic acid groups (broad SMARTS) is 1. The number of carbonyl (C=O) groups is 1. The van der Waals surface area contributed by atoms with Gasteiger partial charge in [0.1, 0.15) is 0 Å². The Morgan fingerprint density at radius 1 is 1.47 bits per heavy atom. The second kappa shape index (κ2) is 6.63. The number of hydrogen-bond donors (Lipinski definition) is 1. The first-order valence-electron chi connectivity index (χ1n) is 5.68. The van der Waals surface area contributed by atoms with Crippen molar-refractivity contribution in [2.45, 2.75) is 26.7 Å². The average molecular weight is 231 g/mol. The highest BCUT2D eigenvalue weighted by Gasteiger charge is 2.03. The van der Waals surface area contributed by atoms with Crippen molar-refractivity contribution in [1.82, 2.24) is 0 Å². The van der Waals surface area contributed by atoms with E-state index in [9.17, 15) is 4.79 Å². The maximum Gasteiger partial charge on any atom is 0.335 e.